The molecule has 2 aromatic heterocycles. The minimum atomic E-state index is 0.0150. The molecule has 1 amide bonds. The molecule has 0 bridgehead atoms. The topological polar surface area (TPSA) is 58.8 Å². The Labute approximate surface area is 183 Å². The predicted octanol–water partition coefficient (Wildman–Crippen LogP) is 4.03. The van der Waals surface area contributed by atoms with Gasteiger partial charge >= 0.3 is 0 Å². The Morgan fingerprint density at radius 3 is 2.61 bits per heavy atom. The number of aromatic nitrogens is 1. The van der Waals surface area contributed by atoms with Crippen molar-refractivity contribution in [2.24, 2.45) is 0 Å². The highest BCUT2D eigenvalue weighted by molar-refractivity contribution is 5.94. The zero-order chi connectivity index (χ0) is 21.5. The Morgan fingerprint density at radius 1 is 1.16 bits per heavy atom. The molecule has 0 spiro atoms. The molecular weight excluding hydrogens is 390 g/mol. The number of benzene rings is 1. The van der Waals surface area contributed by atoms with Gasteiger partial charge in [-0.2, -0.15) is 0 Å². The van der Waals surface area contributed by atoms with E-state index in [1.165, 1.54) is 5.56 Å². The van der Waals surface area contributed by atoms with E-state index in [0.29, 0.717) is 12.1 Å². The molecule has 3 heterocycles. The summed E-state index contributed by atoms with van der Waals surface area (Å²) in [5.74, 6) is 1.71. The lowest BCUT2D eigenvalue weighted by atomic mass is 10.0. The van der Waals surface area contributed by atoms with Gasteiger partial charge in [0.15, 0.2) is 0 Å². The van der Waals surface area contributed by atoms with E-state index in [1.54, 1.807) is 31.8 Å². The molecule has 6 heteroatoms. The Morgan fingerprint density at radius 2 is 1.97 bits per heavy atom. The summed E-state index contributed by atoms with van der Waals surface area (Å²) in [7, 11) is 1.69. The van der Waals surface area contributed by atoms with Gasteiger partial charge in [0.25, 0.3) is 5.91 Å². The summed E-state index contributed by atoms with van der Waals surface area (Å²) >= 11 is 0. The van der Waals surface area contributed by atoms with Crippen molar-refractivity contribution in [3.05, 3.63) is 84.1 Å². The second-order valence-electron chi connectivity index (χ2n) is 7.93. The third-order valence-corrected chi connectivity index (χ3v) is 5.95. The summed E-state index contributed by atoms with van der Waals surface area (Å²) in [6, 6.07) is 15.9. The molecule has 0 N–H and O–H groups in total. The third-order valence-electron chi connectivity index (χ3n) is 5.95. The lowest BCUT2D eigenvalue weighted by Crippen LogP contribution is -2.47. The summed E-state index contributed by atoms with van der Waals surface area (Å²) in [5, 5.41) is 0. The van der Waals surface area contributed by atoms with Crippen molar-refractivity contribution >= 4 is 5.91 Å². The van der Waals surface area contributed by atoms with Crippen molar-refractivity contribution in [2.45, 2.75) is 31.8 Å². The van der Waals surface area contributed by atoms with Crippen molar-refractivity contribution in [1.82, 2.24) is 14.8 Å². The van der Waals surface area contributed by atoms with Crippen LogP contribution < -0.4 is 4.74 Å². The maximum Gasteiger partial charge on any atom is 0.256 e. The average Bonchev–Trinajstić information content (AvgIpc) is 3.35. The summed E-state index contributed by atoms with van der Waals surface area (Å²) < 4.78 is 10.8. The number of pyridine rings is 1. The number of hydrogen-bond donors (Lipinski definition) is 0. The largest absolute Gasteiger partial charge is 0.497 e. The van der Waals surface area contributed by atoms with E-state index in [0.717, 1.165) is 50.4 Å². The fourth-order valence-corrected chi connectivity index (χ4v) is 4.13. The molecule has 0 unspecified atom stereocenters. The molecule has 4 rings (SSSR count). The highest BCUT2D eigenvalue weighted by Crippen LogP contribution is 2.22. The molecule has 162 valence electrons. The number of rotatable bonds is 8. The first kappa shape index (κ1) is 21.1. The summed E-state index contributed by atoms with van der Waals surface area (Å²) in [6.07, 6.45) is 7.91. The monoisotopic (exact) mass is 419 g/mol. The van der Waals surface area contributed by atoms with Crippen LogP contribution in [0.1, 0.15) is 34.5 Å². The van der Waals surface area contributed by atoms with E-state index >= 15 is 0 Å². The van der Waals surface area contributed by atoms with Gasteiger partial charge in [-0.3, -0.25) is 9.78 Å². The molecule has 1 aromatic carbocycles. The summed E-state index contributed by atoms with van der Waals surface area (Å²) in [4.78, 5) is 21.8. The first-order chi connectivity index (χ1) is 15.2. The molecule has 6 nitrogen and oxygen atoms in total. The SMILES string of the molecule is COc1ccc(CCN2CCC(N(Cc3ccco3)C(=O)c3cccnc3)CC2)cc1. The van der Waals surface area contributed by atoms with Gasteiger partial charge in [-0.25, -0.2) is 0 Å². The third kappa shape index (κ3) is 5.52. The van der Waals surface area contributed by atoms with Crippen LogP contribution in [0.4, 0.5) is 0 Å². The Balaban J connectivity index is 1.35. The van der Waals surface area contributed by atoms with Gasteiger partial charge in [0.05, 0.1) is 25.5 Å². The fourth-order valence-electron chi connectivity index (χ4n) is 4.13. The average molecular weight is 420 g/mol. The van der Waals surface area contributed by atoms with Crippen molar-refractivity contribution in [2.75, 3.05) is 26.7 Å². The predicted molar refractivity (Wildman–Crippen MR) is 119 cm³/mol. The number of nitrogens with zero attached hydrogens (tertiary/aromatic N) is 3. The van der Waals surface area contributed by atoms with Crippen LogP contribution in [-0.2, 0) is 13.0 Å². The normalized spacial score (nSPS) is 15.0. The minimum Gasteiger partial charge on any atom is -0.497 e. The Kier molecular flexibility index (Phi) is 6.99. The molecular formula is C25H29N3O3. The fraction of sp³-hybridized carbons (Fsp3) is 0.360. The maximum atomic E-state index is 13.2. The van der Waals surface area contributed by atoms with Crippen LogP contribution in [0.25, 0.3) is 0 Å². The van der Waals surface area contributed by atoms with Crippen molar-refractivity contribution in [3.63, 3.8) is 0 Å². The van der Waals surface area contributed by atoms with Crippen LogP contribution in [0.2, 0.25) is 0 Å². The van der Waals surface area contributed by atoms with Crippen LogP contribution in [0, 0.1) is 0 Å². The molecule has 0 radical (unpaired) electrons. The number of piperidine rings is 1. The zero-order valence-corrected chi connectivity index (χ0v) is 17.9. The molecule has 31 heavy (non-hydrogen) atoms. The van der Waals surface area contributed by atoms with Crippen molar-refractivity contribution in [1.29, 1.82) is 0 Å². The van der Waals surface area contributed by atoms with Crippen LogP contribution in [0.15, 0.2) is 71.6 Å². The summed E-state index contributed by atoms with van der Waals surface area (Å²) in [5.41, 5.74) is 1.94. The molecule has 1 fully saturated rings. The lowest BCUT2D eigenvalue weighted by Gasteiger charge is -2.38. The number of methoxy groups -OCH3 is 1. The Hall–Kier alpha value is -3.12. The van der Waals surface area contributed by atoms with Gasteiger partial charge in [0, 0.05) is 38.1 Å². The second kappa shape index (κ2) is 10.3. The second-order valence-corrected chi connectivity index (χ2v) is 7.93. The number of hydrogen-bond acceptors (Lipinski definition) is 5. The van der Waals surface area contributed by atoms with Crippen LogP contribution >= 0.6 is 0 Å². The smallest absolute Gasteiger partial charge is 0.256 e. The van der Waals surface area contributed by atoms with Gasteiger partial charge < -0.3 is 19.0 Å². The van der Waals surface area contributed by atoms with Gasteiger partial charge in [0.2, 0.25) is 0 Å². The number of furan rings is 1. The minimum absolute atomic E-state index is 0.0150. The number of carbonyl (C=O) groups is 1. The maximum absolute atomic E-state index is 13.2. The molecule has 1 aliphatic heterocycles. The van der Waals surface area contributed by atoms with E-state index in [4.69, 9.17) is 9.15 Å². The Bertz CT molecular complexity index is 934. The molecule has 0 aliphatic carbocycles. The van der Waals surface area contributed by atoms with Crippen molar-refractivity contribution in [3.8, 4) is 5.75 Å². The summed E-state index contributed by atoms with van der Waals surface area (Å²) in [6.45, 7) is 3.47. The van der Waals surface area contributed by atoms with Crippen LogP contribution in [0.5, 0.6) is 5.75 Å². The van der Waals surface area contributed by atoms with Gasteiger partial charge in [-0.1, -0.05) is 12.1 Å². The highest BCUT2D eigenvalue weighted by Gasteiger charge is 2.29. The lowest BCUT2D eigenvalue weighted by molar-refractivity contribution is 0.0531. The quantitative estimate of drug-likeness (QED) is 0.552. The van der Waals surface area contributed by atoms with Crippen LogP contribution in [-0.4, -0.2) is 53.5 Å². The van der Waals surface area contributed by atoms with E-state index in [-0.39, 0.29) is 11.9 Å². The molecule has 3 aromatic rings. The first-order valence-electron chi connectivity index (χ1n) is 10.8. The van der Waals surface area contributed by atoms with Crippen molar-refractivity contribution < 1.29 is 13.9 Å². The number of amides is 1. The van der Waals surface area contributed by atoms with Gasteiger partial charge in [-0.15, -0.1) is 0 Å². The highest BCUT2D eigenvalue weighted by atomic mass is 16.5. The van der Waals surface area contributed by atoms with E-state index < -0.39 is 0 Å². The first-order valence-corrected chi connectivity index (χ1v) is 10.8. The number of carbonyl (C=O) groups excluding carboxylic acids is 1. The van der Waals surface area contributed by atoms with Crippen LogP contribution in [0.3, 0.4) is 0 Å². The van der Waals surface area contributed by atoms with E-state index in [9.17, 15) is 4.79 Å². The van der Waals surface area contributed by atoms with E-state index in [2.05, 4.69) is 22.0 Å². The standard InChI is InChI=1S/C25H29N3O3/c1-30-23-8-6-20(7-9-23)10-14-27-15-11-22(12-16-27)28(19-24-5-3-17-31-24)25(29)21-4-2-13-26-18-21/h2-9,13,17-18,22H,10-12,14-16,19H2,1H3. The molecule has 1 saturated heterocycles. The molecule has 0 atom stereocenters. The number of ether oxygens (including phenoxy) is 1. The number of likely N-dealkylation sites (tertiary alicyclic amines) is 1. The molecule has 1 aliphatic rings. The van der Waals surface area contributed by atoms with E-state index in [1.807, 2.05) is 35.2 Å². The molecule has 0 saturated carbocycles. The van der Waals surface area contributed by atoms with Gasteiger partial charge in [-0.05, 0) is 61.2 Å². The zero-order valence-electron chi connectivity index (χ0n) is 17.9. The van der Waals surface area contributed by atoms with Gasteiger partial charge in [0.1, 0.15) is 11.5 Å².